The number of halogens is 1. The van der Waals surface area contributed by atoms with Gasteiger partial charge in [-0.05, 0) is 61.7 Å². The third-order valence-corrected chi connectivity index (χ3v) is 9.12. The molecule has 0 unspecified atom stereocenters. The molecule has 1 aliphatic rings. The number of amides is 2. The Labute approximate surface area is 241 Å². The number of hydrogen-bond donors (Lipinski definition) is 1. The molecule has 0 bridgehead atoms. The van der Waals surface area contributed by atoms with Crippen molar-refractivity contribution in [2.24, 2.45) is 0 Å². The molecular formula is C31H36FN3O5S. The Hall–Kier alpha value is -3.92. The van der Waals surface area contributed by atoms with Crippen LogP contribution in [0.3, 0.4) is 0 Å². The van der Waals surface area contributed by atoms with Crippen LogP contribution in [0.4, 0.5) is 10.1 Å². The van der Waals surface area contributed by atoms with Gasteiger partial charge in [-0.25, -0.2) is 12.8 Å². The molecule has 3 aromatic carbocycles. The van der Waals surface area contributed by atoms with E-state index in [4.69, 9.17) is 4.74 Å². The molecule has 3 aromatic rings. The fourth-order valence-electron chi connectivity index (χ4n) is 4.95. The Morgan fingerprint density at radius 3 is 2.32 bits per heavy atom. The summed E-state index contributed by atoms with van der Waals surface area (Å²) in [4.78, 5) is 28.7. The lowest BCUT2D eigenvalue weighted by Gasteiger charge is -2.33. The van der Waals surface area contributed by atoms with E-state index >= 15 is 0 Å². The van der Waals surface area contributed by atoms with Crippen molar-refractivity contribution in [3.05, 3.63) is 90.2 Å². The number of rotatable bonds is 11. The topological polar surface area (TPSA) is 96.0 Å². The SMILES string of the molecule is COc1cccc(N(CC(=O)N(Cc2ccc(F)cc2)[C@H](C)C(=O)NC2CCCCC2)S(=O)(=O)c2ccccc2)c1. The summed E-state index contributed by atoms with van der Waals surface area (Å²) >= 11 is 0. The molecule has 41 heavy (non-hydrogen) atoms. The van der Waals surface area contributed by atoms with Crippen molar-refractivity contribution in [3.63, 3.8) is 0 Å². The van der Waals surface area contributed by atoms with Gasteiger partial charge in [-0.3, -0.25) is 13.9 Å². The Balaban J connectivity index is 1.67. The van der Waals surface area contributed by atoms with E-state index in [1.165, 1.54) is 42.3 Å². The van der Waals surface area contributed by atoms with Crippen molar-refractivity contribution in [1.82, 2.24) is 10.2 Å². The zero-order valence-corrected chi connectivity index (χ0v) is 24.1. The van der Waals surface area contributed by atoms with Crippen LogP contribution in [-0.2, 0) is 26.2 Å². The molecule has 10 heteroatoms. The predicted molar refractivity (Wildman–Crippen MR) is 155 cm³/mol. The van der Waals surface area contributed by atoms with Crippen molar-refractivity contribution in [1.29, 1.82) is 0 Å². The van der Waals surface area contributed by atoms with E-state index in [1.807, 2.05) is 0 Å². The molecule has 0 spiro atoms. The second-order valence-electron chi connectivity index (χ2n) is 10.2. The van der Waals surface area contributed by atoms with E-state index in [1.54, 1.807) is 55.5 Å². The maximum atomic E-state index is 14.0. The summed E-state index contributed by atoms with van der Waals surface area (Å²) in [6, 6.07) is 19.1. The molecule has 0 heterocycles. The zero-order valence-electron chi connectivity index (χ0n) is 23.3. The van der Waals surface area contributed by atoms with Crippen LogP contribution >= 0.6 is 0 Å². The van der Waals surface area contributed by atoms with E-state index in [-0.39, 0.29) is 29.1 Å². The van der Waals surface area contributed by atoms with Gasteiger partial charge in [0.25, 0.3) is 10.0 Å². The van der Waals surface area contributed by atoms with Gasteiger partial charge in [0.2, 0.25) is 11.8 Å². The van der Waals surface area contributed by atoms with Gasteiger partial charge in [0.1, 0.15) is 24.2 Å². The molecule has 8 nitrogen and oxygen atoms in total. The summed E-state index contributed by atoms with van der Waals surface area (Å²) in [6.45, 7) is 1.06. The minimum atomic E-state index is -4.17. The maximum absolute atomic E-state index is 14.0. The van der Waals surface area contributed by atoms with Gasteiger partial charge in [-0.1, -0.05) is 55.7 Å². The molecule has 0 radical (unpaired) electrons. The summed E-state index contributed by atoms with van der Waals surface area (Å²) in [5, 5.41) is 3.06. The van der Waals surface area contributed by atoms with Gasteiger partial charge in [0, 0.05) is 18.7 Å². The number of hydrogen-bond acceptors (Lipinski definition) is 5. The zero-order chi connectivity index (χ0) is 29.4. The van der Waals surface area contributed by atoms with Crippen molar-refractivity contribution in [2.45, 2.75) is 62.6 Å². The lowest BCUT2D eigenvalue weighted by Crippen LogP contribution is -2.53. The Bertz CT molecular complexity index is 1430. The average molecular weight is 582 g/mol. The van der Waals surface area contributed by atoms with Crippen LogP contribution in [0.25, 0.3) is 0 Å². The molecule has 1 aliphatic carbocycles. The highest BCUT2D eigenvalue weighted by Gasteiger charge is 2.33. The number of nitrogens with zero attached hydrogens (tertiary/aromatic N) is 2. The van der Waals surface area contributed by atoms with Crippen molar-refractivity contribution in [2.75, 3.05) is 18.0 Å². The molecule has 4 rings (SSSR count). The van der Waals surface area contributed by atoms with Crippen LogP contribution < -0.4 is 14.4 Å². The third-order valence-electron chi connectivity index (χ3n) is 7.34. The van der Waals surface area contributed by atoms with Crippen molar-refractivity contribution < 1.29 is 27.1 Å². The van der Waals surface area contributed by atoms with Crippen LogP contribution in [0.5, 0.6) is 5.75 Å². The van der Waals surface area contributed by atoms with Crippen LogP contribution in [-0.4, -0.2) is 50.9 Å². The normalized spacial score (nSPS) is 14.6. The van der Waals surface area contributed by atoms with Crippen LogP contribution in [0.1, 0.15) is 44.6 Å². The predicted octanol–water partition coefficient (Wildman–Crippen LogP) is 4.90. The lowest BCUT2D eigenvalue weighted by atomic mass is 9.95. The number of carbonyl (C=O) groups excluding carboxylic acids is 2. The number of benzene rings is 3. The standard InChI is InChI=1S/C31H36FN3O5S/c1-23(31(37)33-26-10-5-3-6-11-26)34(21-24-16-18-25(32)19-17-24)30(36)22-35(27-12-9-13-28(20-27)40-2)41(38,39)29-14-7-4-8-15-29/h4,7-9,12-20,23,26H,3,5-6,10-11,21-22H2,1-2H3,(H,33,37)/t23-/m1/s1. The fourth-order valence-corrected chi connectivity index (χ4v) is 6.38. The molecule has 0 aromatic heterocycles. The number of sulfonamides is 1. The molecule has 0 saturated heterocycles. The van der Waals surface area contributed by atoms with E-state index in [9.17, 15) is 22.4 Å². The molecule has 1 fully saturated rings. The monoisotopic (exact) mass is 581 g/mol. The molecule has 0 aliphatic heterocycles. The van der Waals surface area contributed by atoms with Gasteiger partial charge < -0.3 is 15.0 Å². The van der Waals surface area contributed by atoms with Gasteiger partial charge in [-0.15, -0.1) is 0 Å². The highest BCUT2D eigenvalue weighted by atomic mass is 32.2. The number of anilines is 1. The Kier molecular flexibility index (Phi) is 9.99. The molecule has 1 saturated carbocycles. The first-order valence-corrected chi connectivity index (χ1v) is 15.2. The van der Waals surface area contributed by atoms with E-state index in [0.29, 0.717) is 11.3 Å². The largest absolute Gasteiger partial charge is 0.497 e. The molecule has 2 amide bonds. The number of methoxy groups -OCH3 is 1. The molecular weight excluding hydrogens is 545 g/mol. The highest BCUT2D eigenvalue weighted by Crippen LogP contribution is 2.28. The second-order valence-corrected chi connectivity index (χ2v) is 12.1. The minimum absolute atomic E-state index is 0.00426. The second kappa shape index (κ2) is 13.6. The van der Waals surface area contributed by atoms with Gasteiger partial charge in [0.15, 0.2) is 0 Å². The van der Waals surface area contributed by atoms with Crippen LogP contribution in [0.2, 0.25) is 0 Å². The fraction of sp³-hybridized carbons (Fsp3) is 0.355. The van der Waals surface area contributed by atoms with E-state index < -0.39 is 34.3 Å². The quantitative estimate of drug-likeness (QED) is 0.348. The Morgan fingerprint density at radius 1 is 0.976 bits per heavy atom. The highest BCUT2D eigenvalue weighted by molar-refractivity contribution is 7.92. The molecule has 1 atom stereocenters. The first kappa shape index (κ1) is 30.0. The number of nitrogens with one attached hydrogen (secondary N) is 1. The summed E-state index contributed by atoms with van der Waals surface area (Å²) in [5.41, 5.74) is 0.846. The molecule has 218 valence electrons. The molecule has 1 N–H and O–H groups in total. The lowest BCUT2D eigenvalue weighted by molar-refractivity contribution is -0.139. The van der Waals surface area contributed by atoms with Gasteiger partial charge in [0.05, 0.1) is 17.7 Å². The van der Waals surface area contributed by atoms with Gasteiger partial charge in [-0.2, -0.15) is 0 Å². The van der Waals surface area contributed by atoms with E-state index in [0.717, 1.165) is 36.4 Å². The third kappa shape index (κ3) is 7.64. The minimum Gasteiger partial charge on any atom is -0.497 e. The Morgan fingerprint density at radius 2 is 1.66 bits per heavy atom. The number of carbonyl (C=O) groups is 2. The van der Waals surface area contributed by atoms with Crippen molar-refractivity contribution >= 4 is 27.5 Å². The summed E-state index contributed by atoms with van der Waals surface area (Å²) in [7, 11) is -2.71. The average Bonchev–Trinajstić information content (AvgIpc) is 3.00. The van der Waals surface area contributed by atoms with Crippen LogP contribution in [0, 0.1) is 5.82 Å². The maximum Gasteiger partial charge on any atom is 0.264 e. The smallest absolute Gasteiger partial charge is 0.264 e. The first-order chi connectivity index (χ1) is 19.7. The van der Waals surface area contributed by atoms with Crippen molar-refractivity contribution in [3.8, 4) is 5.75 Å². The van der Waals surface area contributed by atoms with E-state index in [2.05, 4.69) is 5.32 Å². The summed E-state index contributed by atoms with van der Waals surface area (Å²) < 4.78 is 47.6. The first-order valence-electron chi connectivity index (χ1n) is 13.7. The number of ether oxygens (including phenoxy) is 1. The summed E-state index contributed by atoms with van der Waals surface area (Å²) in [5.74, 6) is -0.895. The van der Waals surface area contributed by atoms with Crippen LogP contribution in [0.15, 0.2) is 83.8 Å². The summed E-state index contributed by atoms with van der Waals surface area (Å²) in [6.07, 6.45) is 4.95. The van der Waals surface area contributed by atoms with Gasteiger partial charge >= 0.3 is 0 Å².